The number of imide groups is 1. The van der Waals surface area contributed by atoms with Crippen molar-refractivity contribution in [3.63, 3.8) is 0 Å². The van der Waals surface area contributed by atoms with Gasteiger partial charge in [0.15, 0.2) is 6.29 Å². The number of halogens is 1. The second-order valence-electron chi connectivity index (χ2n) is 3.79. The topological polar surface area (TPSA) is 74.7 Å². The van der Waals surface area contributed by atoms with Crippen molar-refractivity contribution in [2.24, 2.45) is 0 Å². The first kappa shape index (κ1) is 13.8. The summed E-state index contributed by atoms with van der Waals surface area (Å²) in [6, 6.07) is 2.81. The van der Waals surface area contributed by atoms with Crippen molar-refractivity contribution in [3.05, 3.63) is 32.6 Å². The van der Waals surface area contributed by atoms with Crippen molar-refractivity contribution < 1.29 is 19.5 Å². The number of likely N-dealkylation sites (N-methyl/N-ethyl adjacent to an activating group) is 1. The van der Waals surface area contributed by atoms with Gasteiger partial charge in [-0.1, -0.05) is 15.9 Å². The predicted octanol–water partition coefficient (Wildman–Crippen LogP) is 2.63. The summed E-state index contributed by atoms with van der Waals surface area (Å²) in [5.74, 6) is -0.537. The van der Waals surface area contributed by atoms with E-state index in [1.54, 1.807) is 0 Å². The van der Waals surface area contributed by atoms with Gasteiger partial charge in [0.1, 0.15) is 5.75 Å². The standard InChI is InChI=1S/C12H8BrNO4S/c1-14-11(17)10(19-12(14)18)3-6-2-7(5-15)9(16)4-8(6)13/h2-5,16H,1H3/b10-3-. The maximum Gasteiger partial charge on any atom is 0.293 e. The highest BCUT2D eigenvalue weighted by Gasteiger charge is 2.31. The minimum atomic E-state index is -0.386. The molecule has 1 aromatic carbocycles. The van der Waals surface area contributed by atoms with E-state index in [0.717, 1.165) is 16.7 Å². The van der Waals surface area contributed by atoms with Crippen LogP contribution in [0, 0.1) is 0 Å². The number of rotatable bonds is 2. The summed E-state index contributed by atoms with van der Waals surface area (Å²) in [7, 11) is 1.40. The van der Waals surface area contributed by atoms with Crippen molar-refractivity contribution in [1.82, 2.24) is 4.90 Å². The zero-order valence-corrected chi connectivity index (χ0v) is 12.1. The summed E-state index contributed by atoms with van der Waals surface area (Å²) in [4.78, 5) is 35.2. The van der Waals surface area contributed by atoms with Gasteiger partial charge in [0.2, 0.25) is 0 Å². The number of hydrogen-bond donors (Lipinski definition) is 1. The number of carbonyl (C=O) groups is 3. The summed E-state index contributed by atoms with van der Waals surface area (Å²) in [5.41, 5.74) is 0.657. The van der Waals surface area contributed by atoms with Crippen LogP contribution in [-0.4, -0.2) is 34.5 Å². The lowest BCUT2D eigenvalue weighted by Crippen LogP contribution is -2.22. The van der Waals surface area contributed by atoms with Gasteiger partial charge in [-0.25, -0.2) is 0 Å². The summed E-state index contributed by atoms with van der Waals surface area (Å²) >= 11 is 4.06. The normalized spacial score (nSPS) is 17.4. The van der Waals surface area contributed by atoms with Crippen LogP contribution in [0.1, 0.15) is 15.9 Å². The molecule has 2 rings (SSSR count). The Hall–Kier alpha value is -1.60. The van der Waals surface area contributed by atoms with Crippen LogP contribution in [0.15, 0.2) is 21.5 Å². The Balaban J connectivity index is 2.47. The quantitative estimate of drug-likeness (QED) is 0.661. The van der Waals surface area contributed by atoms with E-state index in [1.165, 1.54) is 25.3 Å². The fraction of sp³-hybridized carbons (Fsp3) is 0.0833. The molecule has 0 atom stereocenters. The highest BCUT2D eigenvalue weighted by atomic mass is 79.9. The molecular weight excluding hydrogens is 334 g/mol. The van der Waals surface area contributed by atoms with Gasteiger partial charge < -0.3 is 5.11 Å². The summed E-state index contributed by atoms with van der Waals surface area (Å²) in [6.45, 7) is 0. The van der Waals surface area contributed by atoms with E-state index in [-0.39, 0.29) is 27.4 Å². The van der Waals surface area contributed by atoms with Gasteiger partial charge in [-0.2, -0.15) is 0 Å². The molecule has 5 nitrogen and oxygen atoms in total. The smallest absolute Gasteiger partial charge is 0.293 e. The number of aromatic hydroxyl groups is 1. The molecular formula is C12H8BrNO4S. The second-order valence-corrected chi connectivity index (χ2v) is 5.64. The van der Waals surface area contributed by atoms with Crippen molar-refractivity contribution in [1.29, 1.82) is 0 Å². The molecule has 1 heterocycles. The van der Waals surface area contributed by atoms with Crippen LogP contribution in [0.25, 0.3) is 6.08 Å². The van der Waals surface area contributed by atoms with Crippen LogP contribution in [0.4, 0.5) is 4.79 Å². The largest absolute Gasteiger partial charge is 0.507 e. The highest BCUT2D eigenvalue weighted by Crippen LogP contribution is 2.34. The van der Waals surface area contributed by atoms with Gasteiger partial charge in [-0.05, 0) is 35.5 Å². The summed E-state index contributed by atoms with van der Waals surface area (Å²) in [6.07, 6.45) is 2.02. The summed E-state index contributed by atoms with van der Waals surface area (Å²) < 4.78 is 0.526. The Labute approximate surface area is 121 Å². The number of benzene rings is 1. The molecule has 1 saturated heterocycles. The molecule has 1 aromatic rings. The van der Waals surface area contributed by atoms with Crippen molar-refractivity contribution in [3.8, 4) is 5.75 Å². The maximum atomic E-state index is 11.7. The first-order chi connectivity index (χ1) is 8.93. The molecule has 98 valence electrons. The third kappa shape index (κ3) is 2.57. The molecule has 2 amide bonds. The van der Waals surface area contributed by atoms with E-state index in [4.69, 9.17) is 0 Å². The van der Waals surface area contributed by atoms with Crippen LogP contribution >= 0.6 is 27.7 Å². The molecule has 0 aliphatic carbocycles. The molecule has 0 radical (unpaired) electrons. The van der Waals surface area contributed by atoms with E-state index in [1.807, 2.05) is 0 Å². The SMILES string of the molecule is CN1C(=O)S/C(=C\c2cc(C=O)c(O)cc2Br)C1=O. The Morgan fingerprint density at radius 1 is 1.32 bits per heavy atom. The molecule has 0 saturated carbocycles. The zero-order chi connectivity index (χ0) is 14.2. The lowest BCUT2D eigenvalue weighted by atomic mass is 10.1. The van der Waals surface area contributed by atoms with Gasteiger partial charge in [-0.3, -0.25) is 19.3 Å². The van der Waals surface area contributed by atoms with Gasteiger partial charge in [-0.15, -0.1) is 0 Å². The lowest BCUT2D eigenvalue weighted by molar-refractivity contribution is -0.121. The minimum Gasteiger partial charge on any atom is -0.507 e. The number of nitrogens with zero attached hydrogens (tertiary/aromatic N) is 1. The number of phenols is 1. The molecule has 7 heteroatoms. The third-order valence-electron chi connectivity index (χ3n) is 2.55. The van der Waals surface area contributed by atoms with Crippen molar-refractivity contribution >= 4 is 51.2 Å². The number of amides is 2. The molecule has 0 unspecified atom stereocenters. The van der Waals surface area contributed by atoms with E-state index >= 15 is 0 Å². The number of hydrogen-bond acceptors (Lipinski definition) is 5. The first-order valence-electron chi connectivity index (χ1n) is 5.13. The molecule has 1 N–H and O–H groups in total. The Morgan fingerprint density at radius 3 is 2.53 bits per heavy atom. The maximum absolute atomic E-state index is 11.7. The minimum absolute atomic E-state index is 0.116. The highest BCUT2D eigenvalue weighted by molar-refractivity contribution is 9.10. The van der Waals surface area contributed by atoms with E-state index < -0.39 is 0 Å². The number of thioether (sulfide) groups is 1. The molecule has 0 aromatic heterocycles. The van der Waals surface area contributed by atoms with Crippen LogP contribution in [0.2, 0.25) is 0 Å². The van der Waals surface area contributed by atoms with Crippen LogP contribution in [0.5, 0.6) is 5.75 Å². The molecule has 0 spiro atoms. The lowest BCUT2D eigenvalue weighted by Gasteiger charge is -2.04. The molecule has 1 aliphatic rings. The van der Waals surface area contributed by atoms with E-state index in [0.29, 0.717) is 16.3 Å². The van der Waals surface area contributed by atoms with Crippen LogP contribution in [-0.2, 0) is 4.79 Å². The zero-order valence-electron chi connectivity index (χ0n) is 9.71. The Bertz CT molecular complexity index is 626. The summed E-state index contributed by atoms with van der Waals surface area (Å²) in [5, 5.41) is 9.15. The van der Waals surface area contributed by atoms with Crippen molar-refractivity contribution in [2.75, 3.05) is 7.05 Å². The van der Waals surface area contributed by atoms with Crippen molar-refractivity contribution in [2.45, 2.75) is 0 Å². The Morgan fingerprint density at radius 2 is 2.00 bits per heavy atom. The first-order valence-corrected chi connectivity index (χ1v) is 6.74. The Kier molecular flexibility index (Phi) is 3.77. The fourth-order valence-corrected chi connectivity index (χ4v) is 2.75. The average Bonchev–Trinajstić information content (AvgIpc) is 2.60. The number of carbonyl (C=O) groups excluding carboxylic acids is 3. The molecule has 19 heavy (non-hydrogen) atoms. The molecule has 1 fully saturated rings. The van der Waals surface area contributed by atoms with Gasteiger partial charge in [0.25, 0.3) is 11.1 Å². The molecule has 1 aliphatic heterocycles. The number of phenolic OH excluding ortho intramolecular Hbond substituents is 1. The van der Waals surface area contributed by atoms with Crippen LogP contribution < -0.4 is 0 Å². The van der Waals surface area contributed by atoms with Gasteiger partial charge in [0.05, 0.1) is 10.5 Å². The second kappa shape index (κ2) is 5.18. The van der Waals surface area contributed by atoms with Crippen LogP contribution in [0.3, 0.4) is 0 Å². The predicted molar refractivity (Wildman–Crippen MR) is 74.9 cm³/mol. The molecule has 0 bridgehead atoms. The number of aldehydes is 1. The fourth-order valence-electron chi connectivity index (χ4n) is 1.49. The van der Waals surface area contributed by atoms with E-state index in [9.17, 15) is 19.5 Å². The van der Waals surface area contributed by atoms with Gasteiger partial charge in [0, 0.05) is 11.5 Å². The average molecular weight is 342 g/mol. The third-order valence-corrected chi connectivity index (χ3v) is 4.19. The van der Waals surface area contributed by atoms with Gasteiger partial charge >= 0.3 is 0 Å². The van der Waals surface area contributed by atoms with E-state index in [2.05, 4.69) is 15.9 Å². The monoisotopic (exact) mass is 341 g/mol.